The van der Waals surface area contributed by atoms with Gasteiger partial charge in [0.1, 0.15) is 0 Å². The van der Waals surface area contributed by atoms with Crippen molar-refractivity contribution in [3.63, 3.8) is 0 Å². The summed E-state index contributed by atoms with van der Waals surface area (Å²) in [5.41, 5.74) is 0. The highest BCUT2D eigenvalue weighted by molar-refractivity contribution is 5.85. The van der Waals surface area contributed by atoms with E-state index in [1.807, 2.05) is 0 Å². The monoisotopic (exact) mass is 325 g/mol. The minimum atomic E-state index is 0. The van der Waals surface area contributed by atoms with E-state index in [1.54, 1.807) is 0 Å². The summed E-state index contributed by atoms with van der Waals surface area (Å²) in [7, 11) is 2.17. The lowest BCUT2D eigenvalue weighted by molar-refractivity contribution is -0.121. The van der Waals surface area contributed by atoms with Crippen LogP contribution in [0.15, 0.2) is 0 Å². The number of hydrogen-bond donors (Lipinski definition) is 2. The van der Waals surface area contributed by atoms with Crippen LogP contribution in [-0.4, -0.2) is 49.6 Å². The molecule has 6 heteroatoms. The summed E-state index contributed by atoms with van der Waals surface area (Å²) in [6.07, 6.45) is 5.60. The molecule has 4 nitrogen and oxygen atoms in total. The van der Waals surface area contributed by atoms with E-state index in [-0.39, 0.29) is 30.7 Å². The molecule has 0 spiro atoms. The fourth-order valence-corrected chi connectivity index (χ4v) is 2.63. The number of carbonyl (C=O) groups excluding carboxylic acids is 1. The van der Waals surface area contributed by atoms with Gasteiger partial charge in [0.15, 0.2) is 0 Å². The van der Waals surface area contributed by atoms with Crippen LogP contribution in [0.3, 0.4) is 0 Å². The predicted octanol–water partition coefficient (Wildman–Crippen LogP) is 1.82. The first-order valence-electron chi connectivity index (χ1n) is 7.36. The number of nitrogens with zero attached hydrogens (tertiary/aromatic N) is 1. The van der Waals surface area contributed by atoms with Crippen molar-refractivity contribution in [2.75, 3.05) is 26.7 Å². The zero-order valence-electron chi connectivity index (χ0n) is 12.6. The maximum atomic E-state index is 11.8. The smallest absolute Gasteiger partial charge is 0.220 e. The largest absolute Gasteiger partial charge is 0.355 e. The standard InChI is InChI=1S/C14H27N3O.2ClH/c1-11(17(2)13-4-5-13)9-16-14(18)6-3-12-7-8-15-10-12;;/h11-13,15H,3-10H2,1-2H3,(H,16,18);2*1H. The second kappa shape index (κ2) is 9.82. The molecule has 1 saturated heterocycles. The normalized spacial score (nSPS) is 22.9. The summed E-state index contributed by atoms with van der Waals surface area (Å²) in [6.45, 7) is 5.19. The molecule has 120 valence electrons. The molecule has 1 aliphatic carbocycles. The van der Waals surface area contributed by atoms with Crippen molar-refractivity contribution in [1.29, 1.82) is 0 Å². The zero-order chi connectivity index (χ0) is 13.0. The molecule has 0 aromatic rings. The Bertz CT molecular complexity index is 282. The Morgan fingerprint density at radius 1 is 1.35 bits per heavy atom. The van der Waals surface area contributed by atoms with Crippen LogP contribution in [0.5, 0.6) is 0 Å². The summed E-state index contributed by atoms with van der Waals surface area (Å²) < 4.78 is 0. The first-order valence-corrected chi connectivity index (χ1v) is 7.36. The third-order valence-corrected chi connectivity index (χ3v) is 4.35. The summed E-state index contributed by atoms with van der Waals surface area (Å²) >= 11 is 0. The van der Waals surface area contributed by atoms with Crippen LogP contribution in [0.1, 0.15) is 39.0 Å². The molecule has 20 heavy (non-hydrogen) atoms. The Labute approximate surface area is 135 Å². The van der Waals surface area contributed by atoms with Crippen LogP contribution in [0.25, 0.3) is 0 Å². The van der Waals surface area contributed by atoms with Crippen molar-refractivity contribution in [3.05, 3.63) is 0 Å². The van der Waals surface area contributed by atoms with Gasteiger partial charge in [-0.05, 0) is 58.7 Å². The highest BCUT2D eigenvalue weighted by atomic mass is 35.5. The number of rotatable bonds is 7. The Balaban J connectivity index is 0.00000180. The van der Waals surface area contributed by atoms with Gasteiger partial charge in [0.25, 0.3) is 0 Å². The molecule has 1 heterocycles. The minimum absolute atomic E-state index is 0. The van der Waals surface area contributed by atoms with Gasteiger partial charge in [0, 0.05) is 25.0 Å². The van der Waals surface area contributed by atoms with E-state index in [0.717, 1.165) is 32.1 Å². The molecule has 1 saturated carbocycles. The van der Waals surface area contributed by atoms with Crippen molar-refractivity contribution in [3.8, 4) is 0 Å². The number of carbonyl (C=O) groups is 1. The van der Waals surface area contributed by atoms with E-state index in [4.69, 9.17) is 0 Å². The summed E-state index contributed by atoms with van der Waals surface area (Å²) in [4.78, 5) is 14.2. The highest BCUT2D eigenvalue weighted by Crippen LogP contribution is 2.26. The molecule has 0 bridgehead atoms. The number of halogens is 2. The summed E-state index contributed by atoms with van der Waals surface area (Å²) in [5, 5.41) is 6.41. The Kier molecular flexibility index (Phi) is 9.81. The van der Waals surface area contributed by atoms with Crippen molar-refractivity contribution in [2.24, 2.45) is 5.92 Å². The second-order valence-electron chi connectivity index (χ2n) is 5.95. The topological polar surface area (TPSA) is 44.4 Å². The lowest BCUT2D eigenvalue weighted by atomic mass is 10.0. The first kappa shape index (κ1) is 20.0. The fourth-order valence-electron chi connectivity index (χ4n) is 2.63. The van der Waals surface area contributed by atoms with Gasteiger partial charge >= 0.3 is 0 Å². The molecular formula is C14H29Cl2N3O. The number of amides is 1. The van der Waals surface area contributed by atoms with E-state index in [9.17, 15) is 4.79 Å². The maximum Gasteiger partial charge on any atom is 0.220 e. The number of hydrogen-bond acceptors (Lipinski definition) is 3. The molecule has 1 amide bonds. The molecule has 2 atom stereocenters. The second-order valence-corrected chi connectivity index (χ2v) is 5.95. The van der Waals surface area contributed by atoms with Gasteiger partial charge < -0.3 is 10.6 Å². The Morgan fingerprint density at radius 3 is 2.60 bits per heavy atom. The van der Waals surface area contributed by atoms with Gasteiger partial charge in [0.2, 0.25) is 5.91 Å². The number of nitrogens with one attached hydrogen (secondary N) is 2. The van der Waals surface area contributed by atoms with Crippen LogP contribution < -0.4 is 10.6 Å². The van der Waals surface area contributed by atoms with Gasteiger partial charge in [-0.3, -0.25) is 9.69 Å². The Hall–Kier alpha value is -0.0300. The van der Waals surface area contributed by atoms with Gasteiger partial charge in [-0.2, -0.15) is 0 Å². The third kappa shape index (κ3) is 6.61. The van der Waals surface area contributed by atoms with E-state index >= 15 is 0 Å². The van der Waals surface area contributed by atoms with Gasteiger partial charge in [-0.25, -0.2) is 0 Å². The summed E-state index contributed by atoms with van der Waals surface area (Å²) in [5.74, 6) is 0.931. The first-order chi connectivity index (χ1) is 8.66. The minimum Gasteiger partial charge on any atom is -0.355 e. The molecule has 0 radical (unpaired) electrons. The maximum absolute atomic E-state index is 11.8. The van der Waals surface area contributed by atoms with Gasteiger partial charge in [-0.1, -0.05) is 0 Å². The molecular weight excluding hydrogens is 297 g/mol. The predicted molar refractivity (Wildman–Crippen MR) is 88.0 cm³/mol. The van der Waals surface area contributed by atoms with E-state index in [0.29, 0.717) is 18.4 Å². The molecule has 1 aliphatic heterocycles. The SMILES string of the molecule is CC(CNC(=O)CCC1CCNC1)N(C)C1CC1.Cl.Cl. The number of likely N-dealkylation sites (N-methyl/N-ethyl adjacent to an activating group) is 1. The summed E-state index contributed by atoms with van der Waals surface area (Å²) in [6, 6.07) is 1.22. The zero-order valence-corrected chi connectivity index (χ0v) is 14.2. The highest BCUT2D eigenvalue weighted by Gasteiger charge is 2.29. The quantitative estimate of drug-likeness (QED) is 0.750. The van der Waals surface area contributed by atoms with Crippen LogP contribution in [-0.2, 0) is 4.79 Å². The molecule has 2 rings (SSSR count). The van der Waals surface area contributed by atoms with Crippen LogP contribution in [0, 0.1) is 5.92 Å². The molecule has 0 aromatic carbocycles. The average Bonchev–Trinajstić information content (AvgIpc) is 3.09. The van der Waals surface area contributed by atoms with Gasteiger partial charge in [-0.15, -0.1) is 24.8 Å². The van der Waals surface area contributed by atoms with E-state index in [1.165, 1.54) is 19.3 Å². The van der Waals surface area contributed by atoms with Crippen LogP contribution in [0.2, 0.25) is 0 Å². The van der Waals surface area contributed by atoms with Crippen molar-refractivity contribution in [1.82, 2.24) is 15.5 Å². The molecule has 2 fully saturated rings. The van der Waals surface area contributed by atoms with Crippen LogP contribution in [0.4, 0.5) is 0 Å². The van der Waals surface area contributed by atoms with Crippen molar-refractivity contribution < 1.29 is 4.79 Å². The fraction of sp³-hybridized carbons (Fsp3) is 0.929. The molecule has 0 aromatic heterocycles. The Morgan fingerprint density at radius 2 is 2.05 bits per heavy atom. The third-order valence-electron chi connectivity index (χ3n) is 4.35. The molecule has 2 unspecified atom stereocenters. The van der Waals surface area contributed by atoms with Crippen molar-refractivity contribution in [2.45, 2.75) is 51.1 Å². The molecule has 2 aliphatic rings. The van der Waals surface area contributed by atoms with Crippen LogP contribution >= 0.6 is 24.8 Å². The molecule has 2 N–H and O–H groups in total. The van der Waals surface area contributed by atoms with Crippen molar-refractivity contribution >= 4 is 30.7 Å². The van der Waals surface area contributed by atoms with E-state index in [2.05, 4.69) is 29.5 Å². The lowest BCUT2D eigenvalue weighted by Crippen LogP contribution is -2.41. The average molecular weight is 326 g/mol. The van der Waals surface area contributed by atoms with Gasteiger partial charge in [0.05, 0.1) is 0 Å². The van der Waals surface area contributed by atoms with E-state index < -0.39 is 0 Å². The lowest BCUT2D eigenvalue weighted by Gasteiger charge is -2.24.